The van der Waals surface area contributed by atoms with Gasteiger partial charge in [0.25, 0.3) is 0 Å². The van der Waals surface area contributed by atoms with E-state index in [4.69, 9.17) is 0 Å². The molecule has 0 fully saturated rings. The van der Waals surface area contributed by atoms with Crippen LogP contribution in [0.1, 0.15) is 41.5 Å². The topological polar surface area (TPSA) is 41.9 Å². The van der Waals surface area contributed by atoms with E-state index in [1.165, 1.54) is 0 Å². The molecule has 0 unspecified atom stereocenters. The van der Waals surface area contributed by atoms with Crippen molar-refractivity contribution in [1.29, 1.82) is 0 Å². The van der Waals surface area contributed by atoms with Crippen molar-refractivity contribution in [1.82, 2.24) is 15.0 Å². The van der Waals surface area contributed by atoms with E-state index in [2.05, 4.69) is 86.7 Å². The SMILES string of the molecule is CC(C)(C)N(c1nc(S)nc(S)n1)C(C)(C)C. The Balaban J connectivity index is 3.33. The average molecular weight is 272 g/mol. The Hall–Kier alpha value is -0.490. The number of nitrogens with zero attached hydrogens (tertiary/aromatic N) is 4. The van der Waals surface area contributed by atoms with Gasteiger partial charge in [-0.2, -0.15) is 15.0 Å². The lowest BCUT2D eigenvalue weighted by atomic mass is 9.97. The Bertz CT molecular complexity index is 373. The summed E-state index contributed by atoms with van der Waals surface area (Å²) in [6.07, 6.45) is 0. The maximum Gasteiger partial charge on any atom is 0.231 e. The van der Waals surface area contributed by atoms with Crippen LogP contribution in [0.25, 0.3) is 0 Å². The summed E-state index contributed by atoms with van der Waals surface area (Å²) in [6, 6.07) is 0. The quantitative estimate of drug-likeness (QED) is 0.772. The third kappa shape index (κ3) is 3.74. The van der Waals surface area contributed by atoms with E-state index >= 15 is 0 Å². The van der Waals surface area contributed by atoms with Crippen LogP contribution in [0.4, 0.5) is 5.95 Å². The first kappa shape index (κ1) is 14.6. The summed E-state index contributed by atoms with van der Waals surface area (Å²) in [7, 11) is 0. The van der Waals surface area contributed by atoms with Crippen LogP contribution in [0, 0.1) is 0 Å². The van der Waals surface area contributed by atoms with Crippen molar-refractivity contribution in [2.24, 2.45) is 0 Å². The molecule has 0 aliphatic heterocycles. The van der Waals surface area contributed by atoms with Gasteiger partial charge in [0.15, 0.2) is 10.3 Å². The van der Waals surface area contributed by atoms with Crippen LogP contribution in [0.5, 0.6) is 0 Å². The van der Waals surface area contributed by atoms with E-state index < -0.39 is 0 Å². The summed E-state index contributed by atoms with van der Waals surface area (Å²) >= 11 is 8.34. The smallest absolute Gasteiger partial charge is 0.231 e. The van der Waals surface area contributed by atoms with Crippen LogP contribution in [0.2, 0.25) is 0 Å². The zero-order chi connectivity index (χ0) is 13.4. The summed E-state index contributed by atoms with van der Waals surface area (Å²) in [5, 5.41) is 0.775. The van der Waals surface area contributed by atoms with Gasteiger partial charge in [0.1, 0.15) is 0 Å². The molecule has 17 heavy (non-hydrogen) atoms. The largest absolute Gasteiger partial charge is 0.331 e. The van der Waals surface area contributed by atoms with E-state index in [1.807, 2.05) is 0 Å². The lowest BCUT2D eigenvalue weighted by Crippen LogP contribution is -2.53. The molecule has 96 valence electrons. The summed E-state index contributed by atoms with van der Waals surface area (Å²) < 4.78 is 0. The normalized spacial score (nSPS) is 12.7. The molecule has 0 aliphatic rings. The van der Waals surface area contributed by atoms with E-state index in [9.17, 15) is 0 Å². The van der Waals surface area contributed by atoms with Crippen molar-refractivity contribution in [2.75, 3.05) is 4.90 Å². The molecule has 1 heterocycles. The zero-order valence-corrected chi connectivity index (χ0v) is 13.0. The number of rotatable bonds is 1. The predicted octanol–water partition coefficient (Wildman–Crippen LogP) is 2.85. The summed E-state index contributed by atoms with van der Waals surface area (Å²) in [5.41, 5.74) is -0.194. The Morgan fingerprint density at radius 1 is 0.765 bits per heavy atom. The third-order valence-electron chi connectivity index (χ3n) is 2.14. The number of aromatic nitrogens is 3. The van der Waals surface area contributed by atoms with Crippen LogP contribution in [0.15, 0.2) is 10.3 Å². The highest BCUT2D eigenvalue weighted by Crippen LogP contribution is 2.29. The van der Waals surface area contributed by atoms with Gasteiger partial charge in [0.05, 0.1) is 0 Å². The molecular formula is C11H20N4S2. The van der Waals surface area contributed by atoms with E-state index in [1.54, 1.807) is 0 Å². The molecule has 0 amide bonds. The molecule has 0 atom stereocenters. The highest BCUT2D eigenvalue weighted by molar-refractivity contribution is 7.80. The van der Waals surface area contributed by atoms with Crippen molar-refractivity contribution < 1.29 is 0 Å². The summed E-state index contributed by atoms with van der Waals surface area (Å²) in [4.78, 5) is 14.7. The molecule has 0 spiro atoms. The second-order valence-corrected chi connectivity index (χ2v) is 6.71. The maximum atomic E-state index is 4.29. The summed E-state index contributed by atoms with van der Waals surface area (Å²) in [6.45, 7) is 12.7. The van der Waals surface area contributed by atoms with Gasteiger partial charge < -0.3 is 4.90 Å². The molecule has 0 radical (unpaired) electrons. The molecule has 0 aromatic carbocycles. The fourth-order valence-electron chi connectivity index (χ4n) is 2.05. The monoisotopic (exact) mass is 272 g/mol. The van der Waals surface area contributed by atoms with Crippen LogP contribution in [0.3, 0.4) is 0 Å². The van der Waals surface area contributed by atoms with E-state index in [0.29, 0.717) is 16.3 Å². The van der Waals surface area contributed by atoms with Gasteiger partial charge >= 0.3 is 0 Å². The molecule has 0 N–H and O–H groups in total. The second kappa shape index (κ2) is 4.65. The Morgan fingerprint density at radius 2 is 1.12 bits per heavy atom. The molecule has 4 nitrogen and oxygen atoms in total. The summed E-state index contributed by atoms with van der Waals surface area (Å²) in [5.74, 6) is 0.606. The average Bonchev–Trinajstić information content (AvgIpc) is 1.93. The zero-order valence-electron chi connectivity index (χ0n) is 11.2. The predicted molar refractivity (Wildman–Crippen MR) is 76.3 cm³/mol. The number of hydrogen-bond donors (Lipinski definition) is 2. The highest BCUT2D eigenvalue weighted by Gasteiger charge is 2.34. The first-order valence-corrected chi connectivity index (χ1v) is 6.35. The molecule has 1 aromatic rings. The van der Waals surface area contributed by atoms with Crippen molar-refractivity contribution >= 4 is 31.2 Å². The van der Waals surface area contributed by atoms with Gasteiger partial charge in [-0.3, -0.25) is 0 Å². The molecule has 0 bridgehead atoms. The van der Waals surface area contributed by atoms with Crippen molar-refractivity contribution in [3.8, 4) is 0 Å². The van der Waals surface area contributed by atoms with Gasteiger partial charge in [0, 0.05) is 11.1 Å². The molecule has 0 saturated carbocycles. The Morgan fingerprint density at radius 3 is 1.41 bits per heavy atom. The standard InChI is InChI=1S/C11H20N4S2/c1-10(2,3)15(11(4,5)6)7-12-8(16)14-9(17)13-7/h1-6H3,(H2,12,13,14,16,17). The minimum atomic E-state index is -0.0972. The lowest BCUT2D eigenvalue weighted by Gasteiger charge is -2.45. The minimum Gasteiger partial charge on any atom is -0.331 e. The van der Waals surface area contributed by atoms with Crippen LogP contribution in [-0.2, 0) is 0 Å². The first-order chi connectivity index (χ1) is 7.51. The molecule has 1 rings (SSSR count). The number of anilines is 1. The number of hydrogen-bond acceptors (Lipinski definition) is 6. The molecule has 6 heteroatoms. The number of thiol groups is 2. The van der Waals surface area contributed by atoms with Crippen molar-refractivity contribution in [3.05, 3.63) is 0 Å². The first-order valence-electron chi connectivity index (χ1n) is 5.46. The van der Waals surface area contributed by atoms with E-state index in [0.717, 1.165) is 0 Å². The van der Waals surface area contributed by atoms with Crippen molar-refractivity contribution in [3.63, 3.8) is 0 Å². The van der Waals surface area contributed by atoms with Crippen molar-refractivity contribution in [2.45, 2.75) is 62.9 Å². The molecule has 1 aromatic heterocycles. The fraction of sp³-hybridized carbons (Fsp3) is 0.727. The van der Waals surface area contributed by atoms with Gasteiger partial charge in [-0.1, -0.05) is 0 Å². The van der Waals surface area contributed by atoms with Gasteiger partial charge in [-0.05, 0) is 41.5 Å². The van der Waals surface area contributed by atoms with Gasteiger partial charge in [-0.15, -0.1) is 25.3 Å². The fourth-order valence-corrected chi connectivity index (χ4v) is 2.50. The second-order valence-electron chi connectivity index (χ2n) is 5.91. The molecule has 0 saturated heterocycles. The Labute approximate surface area is 114 Å². The van der Waals surface area contributed by atoms with Crippen LogP contribution in [-0.4, -0.2) is 26.0 Å². The molecular weight excluding hydrogens is 252 g/mol. The minimum absolute atomic E-state index is 0.0972. The maximum absolute atomic E-state index is 4.29. The third-order valence-corrected chi connectivity index (χ3v) is 2.54. The molecule has 0 aliphatic carbocycles. The Kier molecular flexibility index (Phi) is 3.98. The van der Waals surface area contributed by atoms with Crippen LogP contribution < -0.4 is 4.90 Å². The van der Waals surface area contributed by atoms with Gasteiger partial charge in [0.2, 0.25) is 5.95 Å². The van der Waals surface area contributed by atoms with E-state index in [-0.39, 0.29) is 11.1 Å². The van der Waals surface area contributed by atoms with Gasteiger partial charge in [-0.25, -0.2) is 0 Å². The highest BCUT2D eigenvalue weighted by atomic mass is 32.1. The lowest BCUT2D eigenvalue weighted by molar-refractivity contribution is 0.369. The van der Waals surface area contributed by atoms with Crippen LogP contribution >= 0.6 is 25.3 Å².